The van der Waals surface area contributed by atoms with Gasteiger partial charge in [-0.15, -0.1) is 10.1 Å². The molecule has 0 bridgehead atoms. The number of β-amino-alcohol motifs (C(OH)–C–C–N with tert-alkyl or cyclic N) is 1. The molecule has 3 rings (SSSR count). The van der Waals surface area contributed by atoms with E-state index >= 15 is 0 Å². The number of fused-ring (bicyclic) bond motifs is 1. The van der Waals surface area contributed by atoms with Crippen LogP contribution in [0.2, 0.25) is 0 Å². The number of aromatic nitrogens is 1. The lowest BCUT2D eigenvalue weighted by Crippen LogP contribution is -2.57. The summed E-state index contributed by atoms with van der Waals surface area (Å²) in [6.07, 6.45) is -0.529. The van der Waals surface area contributed by atoms with Gasteiger partial charge in [-0.25, -0.2) is 0 Å². The molecule has 2 heterocycles. The SMILES string of the molecule is CC(C)(NCC(O)COc1cccc2[nH]c(CO)cc12)C(=O)N1CCC(O[N+](=O)[O-])CC1. The van der Waals surface area contributed by atoms with E-state index in [1.165, 1.54) is 0 Å². The first-order valence-electron chi connectivity index (χ1n) is 10.6. The van der Waals surface area contributed by atoms with Gasteiger partial charge in [0.25, 0.3) is 5.09 Å². The molecule has 1 atom stereocenters. The Labute approximate surface area is 185 Å². The van der Waals surface area contributed by atoms with Crippen LogP contribution in [0.1, 0.15) is 32.4 Å². The molecule has 32 heavy (non-hydrogen) atoms. The minimum atomic E-state index is -0.922. The molecule has 1 unspecified atom stereocenters. The summed E-state index contributed by atoms with van der Waals surface area (Å²) in [5, 5.41) is 33.2. The molecule has 4 N–H and O–H groups in total. The Bertz CT molecular complexity index is 937. The zero-order valence-corrected chi connectivity index (χ0v) is 18.2. The van der Waals surface area contributed by atoms with Gasteiger partial charge in [-0.2, -0.15) is 0 Å². The van der Waals surface area contributed by atoms with E-state index in [9.17, 15) is 25.1 Å². The van der Waals surface area contributed by atoms with E-state index < -0.39 is 22.8 Å². The van der Waals surface area contributed by atoms with Crippen molar-refractivity contribution >= 4 is 16.8 Å². The standard InChI is InChI=1S/C21H30N4O7/c1-21(2,20(28)24-8-6-16(7-9-24)32-25(29)30)22-11-15(27)13-31-19-5-3-4-18-17(19)10-14(12-26)23-18/h3-5,10,15-16,22-23,26-27H,6-9,11-13H2,1-2H3. The minimum absolute atomic E-state index is 0.0274. The van der Waals surface area contributed by atoms with Crippen molar-refractivity contribution in [1.82, 2.24) is 15.2 Å². The molecule has 1 amide bonds. The van der Waals surface area contributed by atoms with E-state index in [4.69, 9.17) is 4.74 Å². The van der Waals surface area contributed by atoms with Crippen molar-refractivity contribution in [1.29, 1.82) is 0 Å². The number of amides is 1. The highest BCUT2D eigenvalue weighted by Gasteiger charge is 2.34. The zero-order valence-electron chi connectivity index (χ0n) is 18.2. The number of benzene rings is 1. The molecule has 1 aromatic heterocycles. The largest absolute Gasteiger partial charge is 0.490 e. The van der Waals surface area contributed by atoms with Crippen LogP contribution in [-0.4, -0.2) is 75.1 Å². The van der Waals surface area contributed by atoms with E-state index in [0.29, 0.717) is 37.4 Å². The predicted octanol–water partition coefficient (Wildman–Crippen LogP) is 0.967. The van der Waals surface area contributed by atoms with Crippen LogP contribution in [0.25, 0.3) is 10.9 Å². The fourth-order valence-corrected chi connectivity index (χ4v) is 3.77. The number of hydrogen-bond donors (Lipinski definition) is 4. The molecule has 1 aliphatic rings. The van der Waals surface area contributed by atoms with Crippen molar-refractivity contribution < 1.29 is 29.7 Å². The third kappa shape index (κ3) is 5.87. The molecule has 2 aromatic rings. The number of nitrogens with one attached hydrogen (secondary N) is 2. The summed E-state index contributed by atoms with van der Waals surface area (Å²) in [6, 6.07) is 7.29. The van der Waals surface area contributed by atoms with Crippen LogP contribution in [-0.2, 0) is 16.2 Å². The number of ether oxygens (including phenoxy) is 1. The number of aliphatic hydroxyl groups excluding tert-OH is 2. The number of H-pyrrole nitrogens is 1. The van der Waals surface area contributed by atoms with Gasteiger partial charge in [-0.05, 0) is 44.9 Å². The van der Waals surface area contributed by atoms with Gasteiger partial charge in [0.1, 0.15) is 24.6 Å². The van der Waals surface area contributed by atoms with Gasteiger partial charge in [-0.3, -0.25) is 4.79 Å². The monoisotopic (exact) mass is 450 g/mol. The van der Waals surface area contributed by atoms with Gasteiger partial charge in [0.05, 0.1) is 12.1 Å². The van der Waals surface area contributed by atoms with Crippen LogP contribution < -0.4 is 10.1 Å². The smallest absolute Gasteiger partial charge is 0.294 e. The second kappa shape index (κ2) is 10.2. The quantitative estimate of drug-likeness (QED) is 0.309. The molecular formula is C21H30N4O7. The second-order valence-electron chi connectivity index (χ2n) is 8.46. The summed E-state index contributed by atoms with van der Waals surface area (Å²) in [4.78, 5) is 32.7. The van der Waals surface area contributed by atoms with Gasteiger partial charge in [0, 0.05) is 36.2 Å². The average molecular weight is 450 g/mol. The predicted molar refractivity (Wildman–Crippen MR) is 115 cm³/mol. The molecule has 11 nitrogen and oxygen atoms in total. The molecule has 0 saturated carbocycles. The van der Waals surface area contributed by atoms with E-state index in [1.807, 2.05) is 12.1 Å². The fourth-order valence-electron chi connectivity index (χ4n) is 3.77. The zero-order chi connectivity index (χ0) is 23.3. The highest BCUT2D eigenvalue weighted by molar-refractivity contribution is 5.87. The number of aromatic amines is 1. The maximum atomic E-state index is 12.9. The fraction of sp³-hybridized carbons (Fsp3) is 0.571. The molecule has 1 fully saturated rings. The Morgan fingerprint density at radius 2 is 2.12 bits per heavy atom. The van der Waals surface area contributed by atoms with Crippen LogP contribution in [0, 0.1) is 10.1 Å². The molecule has 11 heteroatoms. The summed E-state index contributed by atoms with van der Waals surface area (Å²) >= 11 is 0. The molecule has 176 valence electrons. The van der Waals surface area contributed by atoms with Gasteiger partial charge >= 0.3 is 0 Å². The van der Waals surface area contributed by atoms with E-state index in [0.717, 1.165) is 10.9 Å². The topological polar surface area (TPSA) is 150 Å². The maximum Gasteiger partial charge on any atom is 0.294 e. The van der Waals surface area contributed by atoms with Gasteiger partial charge in [0.2, 0.25) is 5.91 Å². The Hall–Kier alpha value is -2.89. The van der Waals surface area contributed by atoms with Crippen LogP contribution in [0.4, 0.5) is 0 Å². The Morgan fingerprint density at radius 3 is 2.78 bits per heavy atom. The van der Waals surface area contributed by atoms with Gasteiger partial charge < -0.3 is 35.0 Å². The molecule has 1 aliphatic heterocycles. The number of rotatable bonds is 10. The number of nitrogens with zero attached hydrogens (tertiary/aromatic N) is 2. The van der Waals surface area contributed by atoms with Crippen LogP contribution in [0.15, 0.2) is 24.3 Å². The maximum absolute atomic E-state index is 12.9. The first-order chi connectivity index (χ1) is 15.2. The molecular weight excluding hydrogens is 420 g/mol. The Kier molecular flexibility index (Phi) is 7.54. The first-order valence-corrected chi connectivity index (χ1v) is 10.6. The molecule has 1 saturated heterocycles. The number of piperidine rings is 1. The normalized spacial score (nSPS) is 16.2. The van der Waals surface area contributed by atoms with Crippen molar-refractivity contribution in [2.75, 3.05) is 26.2 Å². The van der Waals surface area contributed by atoms with Crippen molar-refractivity contribution in [2.24, 2.45) is 0 Å². The Morgan fingerprint density at radius 1 is 1.41 bits per heavy atom. The minimum Gasteiger partial charge on any atom is -0.490 e. The molecule has 0 aliphatic carbocycles. The summed E-state index contributed by atoms with van der Waals surface area (Å²) in [5.41, 5.74) is 0.583. The van der Waals surface area contributed by atoms with Crippen molar-refractivity contribution in [3.05, 3.63) is 40.1 Å². The lowest BCUT2D eigenvalue weighted by molar-refractivity contribution is -0.769. The van der Waals surface area contributed by atoms with Gasteiger partial charge in [-0.1, -0.05) is 6.07 Å². The van der Waals surface area contributed by atoms with E-state index in [-0.39, 0.29) is 25.7 Å². The highest BCUT2D eigenvalue weighted by Crippen LogP contribution is 2.26. The van der Waals surface area contributed by atoms with Crippen molar-refractivity contribution in [2.45, 2.75) is 51.0 Å². The number of hydrogen-bond acceptors (Lipinski definition) is 8. The lowest BCUT2D eigenvalue weighted by atomic mass is 10.00. The molecule has 1 aromatic carbocycles. The Balaban J connectivity index is 1.47. The number of carbonyl (C=O) groups is 1. The summed E-state index contributed by atoms with van der Waals surface area (Å²) in [6.45, 7) is 4.29. The van der Waals surface area contributed by atoms with Crippen LogP contribution in [0.3, 0.4) is 0 Å². The summed E-state index contributed by atoms with van der Waals surface area (Å²) in [7, 11) is 0. The van der Waals surface area contributed by atoms with Crippen LogP contribution in [0.5, 0.6) is 5.75 Å². The lowest BCUT2D eigenvalue weighted by Gasteiger charge is -2.37. The summed E-state index contributed by atoms with van der Waals surface area (Å²) in [5.74, 6) is 0.450. The molecule has 0 radical (unpaired) electrons. The number of aliphatic hydroxyl groups is 2. The highest BCUT2D eigenvalue weighted by atomic mass is 17.0. The number of likely N-dealkylation sites (tertiary alicyclic amines) is 1. The third-order valence-electron chi connectivity index (χ3n) is 5.56. The van der Waals surface area contributed by atoms with Crippen molar-refractivity contribution in [3.8, 4) is 5.75 Å². The summed E-state index contributed by atoms with van der Waals surface area (Å²) < 4.78 is 5.77. The number of carbonyl (C=O) groups excluding carboxylic acids is 1. The second-order valence-corrected chi connectivity index (χ2v) is 8.46. The average Bonchev–Trinajstić information content (AvgIpc) is 3.20. The third-order valence-corrected chi connectivity index (χ3v) is 5.56. The van der Waals surface area contributed by atoms with E-state index in [2.05, 4.69) is 15.1 Å². The molecule has 0 spiro atoms. The van der Waals surface area contributed by atoms with Gasteiger partial charge in [0.15, 0.2) is 0 Å². The van der Waals surface area contributed by atoms with E-state index in [1.54, 1.807) is 30.9 Å². The van der Waals surface area contributed by atoms with Crippen molar-refractivity contribution in [3.63, 3.8) is 0 Å². The first kappa shape index (κ1) is 23.8. The van der Waals surface area contributed by atoms with Crippen LogP contribution >= 0.6 is 0 Å².